The molecule has 2 rings (SSSR count). The number of aliphatic carboxylic acids is 1. The van der Waals surface area contributed by atoms with Gasteiger partial charge in [0.05, 0.1) is 12.8 Å². The van der Waals surface area contributed by atoms with Gasteiger partial charge >= 0.3 is 5.97 Å². The molecule has 7 nitrogen and oxygen atoms in total. The summed E-state index contributed by atoms with van der Waals surface area (Å²) in [5, 5.41) is 15.7. The lowest BCUT2D eigenvalue weighted by Crippen LogP contribution is -2.40. The number of hydrogen-bond acceptors (Lipinski definition) is 4. The number of methoxy groups -OCH3 is 1. The summed E-state index contributed by atoms with van der Waals surface area (Å²) in [6.07, 6.45) is 0. The number of aromatic nitrogens is 2. The number of ether oxygens (including phenoxy) is 1. The summed E-state index contributed by atoms with van der Waals surface area (Å²) in [7, 11) is 3.01. The number of nitrogens with zero attached hydrogens (tertiary/aromatic N) is 2. The van der Waals surface area contributed by atoms with Gasteiger partial charge in [-0.05, 0) is 25.1 Å². The molecule has 0 aliphatic rings. The number of carbonyl (C=O) groups is 2. The van der Waals surface area contributed by atoms with Gasteiger partial charge < -0.3 is 14.7 Å². The van der Waals surface area contributed by atoms with Gasteiger partial charge in [0.15, 0.2) is 0 Å². The van der Waals surface area contributed by atoms with Crippen LogP contribution in [-0.2, 0) is 4.79 Å². The minimum atomic E-state index is -1.07. The van der Waals surface area contributed by atoms with Crippen molar-refractivity contribution in [1.82, 2.24) is 15.1 Å². The minimum Gasteiger partial charge on any atom is -0.497 e. The highest BCUT2D eigenvalue weighted by Crippen LogP contribution is 2.23. The molecule has 0 bridgehead atoms. The van der Waals surface area contributed by atoms with Gasteiger partial charge in [-0.1, -0.05) is 12.1 Å². The van der Waals surface area contributed by atoms with Gasteiger partial charge in [0.1, 0.15) is 17.5 Å². The number of carboxylic acids is 1. The van der Waals surface area contributed by atoms with Gasteiger partial charge in [-0.25, -0.2) is 4.79 Å². The van der Waals surface area contributed by atoms with E-state index in [-0.39, 0.29) is 5.69 Å². The van der Waals surface area contributed by atoms with Crippen molar-refractivity contribution in [2.75, 3.05) is 14.2 Å². The van der Waals surface area contributed by atoms with Crippen molar-refractivity contribution in [2.45, 2.75) is 13.0 Å². The Balaban J connectivity index is 2.24. The van der Waals surface area contributed by atoms with Crippen LogP contribution in [0.25, 0.3) is 11.3 Å². The van der Waals surface area contributed by atoms with Crippen LogP contribution < -0.4 is 4.74 Å². The van der Waals surface area contributed by atoms with Gasteiger partial charge in [-0.3, -0.25) is 9.89 Å². The van der Waals surface area contributed by atoms with Crippen molar-refractivity contribution >= 4 is 11.9 Å². The summed E-state index contributed by atoms with van der Waals surface area (Å²) < 4.78 is 5.15. The molecule has 1 aromatic carbocycles. The second kappa shape index (κ2) is 6.30. The van der Waals surface area contributed by atoms with Crippen molar-refractivity contribution in [1.29, 1.82) is 0 Å². The largest absolute Gasteiger partial charge is 0.497 e. The molecule has 0 saturated heterocycles. The summed E-state index contributed by atoms with van der Waals surface area (Å²) in [6, 6.07) is 7.94. The van der Waals surface area contributed by atoms with Gasteiger partial charge in [0, 0.05) is 12.6 Å². The maximum absolute atomic E-state index is 12.2. The molecule has 1 heterocycles. The minimum absolute atomic E-state index is 0.230. The van der Waals surface area contributed by atoms with Gasteiger partial charge in [0.25, 0.3) is 5.91 Å². The molecular weight excluding hydrogens is 286 g/mol. The first-order chi connectivity index (χ1) is 10.4. The first-order valence-corrected chi connectivity index (χ1v) is 6.64. The Kier molecular flexibility index (Phi) is 4.45. The first kappa shape index (κ1) is 15.6. The fourth-order valence-electron chi connectivity index (χ4n) is 1.89. The van der Waals surface area contributed by atoms with E-state index in [2.05, 4.69) is 10.2 Å². The van der Waals surface area contributed by atoms with Crippen molar-refractivity contribution in [3.05, 3.63) is 36.0 Å². The second-order valence-electron chi connectivity index (χ2n) is 4.83. The lowest BCUT2D eigenvalue weighted by Gasteiger charge is -2.20. The van der Waals surface area contributed by atoms with E-state index in [0.29, 0.717) is 11.4 Å². The lowest BCUT2D eigenvalue weighted by atomic mass is 10.1. The molecule has 2 aromatic rings. The molecule has 0 aliphatic heterocycles. The predicted octanol–water partition coefficient (Wildman–Crippen LogP) is 1.63. The van der Waals surface area contributed by atoms with Crippen molar-refractivity contribution in [3.63, 3.8) is 0 Å². The average molecular weight is 303 g/mol. The van der Waals surface area contributed by atoms with E-state index >= 15 is 0 Å². The molecule has 0 saturated carbocycles. The van der Waals surface area contributed by atoms with Crippen LogP contribution >= 0.6 is 0 Å². The Labute approximate surface area is 127 Å². The van der Waals surface area contributed by atoms with E-state index in [1.165, 1.54) is 14.0 Å². The zero-order chi connectivity index (χ0) is 16.3. The highest BCUT2D eigenvalue weighted by molar-refractivity contribution is 5.95. The third kappa shape index (κ3) is 3.08. The van der Waals surface area contributed by atoms with Gasteiger partial charge in [-0.15, -0.1) is 0 Å². The Hall–Kier alpha value is -2.83. The number of rotatable bonds is 5. The van der Waals surface area contributed by atoms with Gasteiger partial charge in [0.2, 0.25) is 0 Å². The fraction of sp³-hybridized carbons (Fsp3) is 0.267. The third-order valence-corrected chi connectivity index (χ3v) is 3.43. The molecule has 7 heteroatoms. The number of carbonyl (C=O) groups excluding carboxylic acids is 1. The van der Waals surface area contributed by atoms with Crippen LogP contribution in [-0.4, -0.2) is 52.3 Å². The summed E-state index contributed by atoms with van der Waals surface area (Å²) in [5.41, 5.74) is 1.61. The number of hydrogen-bond donors (Lipinski definition) is 2. The Bertz CT molecular complexity index is 696. The van der Waals surface area contributed by atoms with Crippen LogP contribution in [0.15, 0.2) is 30.3 Å². The van der Waals surface area contributed by atoms with Crippen LogP contribution in [0, 0.1) is 0 Å². The van der Waals surface area contributed by atoms with Crippen molar-refractivity contribution < 1.29 is 19.4 Å². The molecule has 0 fully saturated rings. The van der Waals surface area contributed by atoms with Crippen LogP contribution in [0.2, 0.25) is 0 Å². The number of amides is 1. The SMILES string of the molecule is COc1cccc(-c2cc(C(=O)N(C)C(C)C(=O)O)[nH]n2)c1. The van der Waals surface area contributed by atoms with E-state index in [1.807, 2.05) is 18.2 Å². The molecule has 0 aliphatic carbocycles. The monoisotopic (exact) mass is 303 g/mol. The molecule has 116 valence electrons. The van der Waals surface area contributed by atoms with Gasteiger partial charge in [-0.2, -0.15) is 5.10 Å². The fourth-order valence-corrected chi connectivity index (χ4v) is 1.89. The highest BCUT2D eigenvalue weighted by atomic mass is 16.5. The molecule has 1 aromatic heterocycles. The number of benzene rings is 1. The molecule has 0 spiro atoms. The Morgan fingerprint density at radius 3 is 2.73 bits per heavy atom. The van der Waals surface area contributed by atoms with Crippen LogP contribution in [0.4, 0.5) is 0 Å². The molecule has 0 radical (unpaired) electrons. The summed E-state index contributed by atoms with van der Waals surface area (Å²) in [4.78, 5) is 24.3. The zero-order valence-corrected chi connectivity index (χ0v) is 12.5. The quantitative estimate of drug-likeness (QED) is 0.875. The topological polar surface area (TPSA) is 95.5 Å². The second-order valence-corrected chi connectivity index (χ2v) is 4.83. The predicted molar refractivity (Wildman–Crippen MR) is 79.8 cm³/mol. The van der Waals surface area contributed by atoms with Crippen molar-refractivity contribution in [3.8, 4) is 17.0 Å². The van der Waals surface area contributed by atoms with Crippen LogP contribution in [0.3, 0.4) is 0 Å². The number of H-pyrrole nitrogens is 1. The average Bonchev–Trinajstić information content (AvgIpc) is 3.02. The summed E-state index contributed by atoms with van der Waals surface area (Å²) >= 11 is 0. The van der Waals surface area contributed by atoms with E-state index in [4.69, 9.17) is 9.84 Å². The lowest BCUT2D eigenvalue weighted by molar-refractivity contribution is -0.141. The van der Waals surface area contributed by atoms with E-state index in [0.717, 1.165) is 10.5 Å². The third-order valence-electron chi connectivity index (χ3n) is 3.43. The van der Waals surface area contributed by atoms with E-state index in [1.54, 1.807) is 19.2 Å². The maximum atomic E-state index is 12.2. The van der Waals surface area contributed by atoms with E-state index < -0.39 is 17.9 Å². The Morgan fingerprint density at radius 2 is 2.09 bits per heavy atom. The summed E-state index contributed by atoms with van der Waals surface area (Å²) in [5.74, 6) is -0.815. The number of aromatic amines is 1. The molecule has 1 amide bonds. The number of nitrogens with one attached hydrogen (secondary N) is 1. The first-order valence-electron chi connectivity index (χ1n) is 6.64. The molecule has 1 unspecified atom stereocenters. The van der Waals surface area contributed by atoms with Crippen LogP contribution in [0.5, 0.6) is 5.75 Å². The Morgan fingerprint density at radius 1 is 1.36 bits per heavy atom. The summed E-state index contributed by atoms with van der Waals surface area (Å²) in [6.45, 7) is 1.44. The normalized spacial score (nSPS) is 11.8. The van der Waals surface area contributed by atoms with Crippen LogP contribution in [0.1, 0.15) is 17.4 Å². The molecular formula is C15H17N3O4. The molecule has 2 N–H and O–H groups in total. The zero-order valence-electron chi connectivity index (χ0n) is 12.5. The standard InChI is InChI=1S/C15H17N3O4/c1-9(15(20)21)18(2)14(19)13-8-12(16-17-13)10-5-4-6-11(7-10)22-3/h4-9H,1-3H3,(H,16,17)(H,20,21). The van der Waals surface area contributed by atoms with Crippen molar-refractivity contribution in [2.24, 2.45) is 0 Å². The van der Waals surface area contributed by atoms with E-state index in [9.17, 15) is 9.59 Å². The molecule has 1 atom stereocenters. The number of carboxylic acid groups (broad SMARTS) is 1. The maximum Gasteiger partial charge on any atom is 0.326 e. The molecule has 22 heavy (non-hydrogen) atoms. The smallest absolute Gasteiger partial charge is 0.326 e. The highest BCUT2D eigenvalue weighted by Gasteiger charge is 2.24. The number of likely N-dealkylation sites (N-methyl/N-ethyl adjacent to an activating group) is 1.